The number of aromatic nitrogens is 2. The van der Waals surface area contributed by atoms with Gasteiger partial charge in [-0.1, -0.05) is 11.6 Å². The van der Waals surface area contributed by atoms with Gasteiger partial charge in [0.2, 0.25) is 0 Å². The molecule has 1 saturated heterocycles. The van der Waals surface area contributed by atoms with Crippen LogP contribution in [0, 0.1) is 6.92 Å². The van der Waals surface area contributed by atoms with Gasteiger partial charge in [0.15, 0.2) is 6.04 Å². The Labute approximate surface area is 117 Å². The van der Waals surface area contributed by atoms with Crippen LogP contribution in [0.25, 0.3) is 0 Å². The third kappa shape index (κ3) is 2.75. The minimum Gasteiger partial charge on any atom is -0.480 e. The zero-order valence-corrected chi connectivity index (χ0v) is 12.2. The Morgan fingerprint density at radius 1 is 1.32 bits per heavy atom. The normalized spacial score (nSPS) is 19.6. The molecular formula is C12H19ClN4O2. The van der Waals surface area contributed by atoms with Crippen LogP contribution in [-0.2, 0) is 11.8 Å². The van der Waals surface area contributed by atoms with Gasteiger partial charge in [-0.05, 0) is 14.0 Å². The molecule has 19 heavy (non-hydrogen) atoms. The van der Waals surface area contributed by atoms with Gasteiger partial charge >= 0.3 is 5.97 Å². The molecule has 1 unspecified atom stereocenters. The van der Waals surface area contributed by atoms with Crippen LogP contribution < -0.4 is 0 Å². The van der Waals surface area contributed by atoms with E-state index >= 15 is 0 Å². The highest BCUT2D eigenvalue weighted by Gasteiger charge is 2.33. The summed E-state index contributed by atoms with van der Waals surface area (Å²) in [6.07, 6.45) is 0. The summed E-state index contributed by atoms with van der Waals surface area (Å²) in [5.41, 5.74) is 0.443. The number of piperazine rings is 1. The topological polar surface area (TPSA) is 61.6 Å². The molecule has 1 N–H and O–H groups in total. The van der Waals surface area contributed by atoms with Crippen LogP contribution >= 0.6 is 11.6 Å². The van der Waals surface area contributed by atoms with Crippen LogP contribution in [0.15, 0.2) is 0 Å². The average Bonchev–Trinajstić information content (AvgIpc) is 2.60. The van der Waals surface area contributed by atoms with Gasteiger partial charge < -0.3 is 14.6 Å². The van der Waals surface area contributed by atoms with Gasteiger partial charge in [0.1, 0.15) is 16.7 Å². The summed E-state index contributed by atoms with van der Waals surface area (Å²) in [5.74, 6) is -0.176. The summed E-state index contributed by atoms with van der Waals surface area (Å²) in [6, 6.07) is -0.763. The maximum atomic E-state index is 11.6. The van der Waals surface area contributed by atoms with Gasteiger partial charge in [0.05, 0.1) is 0 Å². The fourth-order valence-electron chi connectivity index (χ4n) is 2.31. The quantitative estimate of drug-likeness (QED) is 0.889. The Hall–Kier alpha value is -1.11. The molecule has 1 atom stereocenters. The smallest absolute Gasteiger partial charge is 0.327 e. The van der Waals surface area contributed by atoms with E-state index in [1.807, 2.05) is 18.9 Å². The number of halogens is 1. The lowest BCUT2D eigenvalue weighted by atomic mass is 10.1. The molecule has 1 aromatic rings. The highest BCUT2D eigenvalue weighted by molar-refractivity contribution is 6.30. The summed E-state index contributed by atoms with van der Waals surface area (Å²) >= 11 is 6.20. The van der Waals surface area contributed by atoms with E-state index in [0.717, 1.165) is 18.9 Å². The monoisotopic (exact) mass is 286 g/mol. The largest absolute Gasteiger partial charge is 0.480 e. The maximum Gasteiger partial charge on any atom is 0.327 e. The second-order valence-corrected chi connectivity index (χ2v) is 5.33. The number of carbonyl (C=O) groups is 1. The van der Waals surface area contributed by atoms with Crippen LogP contribution in [0.4, 0.5) is 0 Å². The molecular weight excluding hydrogens is 268 g/mol. The van der Waals surface area contributed by atoms with E-state index in [1.165, 1.54) is 0 Å². The van der Waals surface area contributed by atoms with Crippen molar-refractivity contribution >= 4 is 17.6 Å². The van der Waals surface area contributed by atoms with Crippen LogP contribution in [0.5, 0.6) is 0 Å². The molecule has 0 aliphatic carbocycles. The highest BCUT2D eigenvalue weighted by atomic mass is 35.5. The average molecular weight is 287 g/mol. The standard InChI is InChI=1S/C12H19ClN4O2/c1-8-14-9(11(13)16(8)3)10(12(18)19)17-6-4-15(2)5-7-17/h10H,4-7H2,1-3H3,(H,18,19). The minimum absolute atomic E-state index is 0.406. The number of rotatable bonds is 3. The van der Waals surface area contributed by atoms with Crippen LogP contribution in [0.2, 0.25) is 5.15 Å². The number of nitrogens with zero attached hydrogens (tertiary/aromatic N) is 4. The fourth-order valence-corrected chi connectivity index (χ4v) is 2.58. The summed E-state index contributed by atoms with van der Waals surface area (Å²) in [4.78, 5) is 20.0. The molecule has 1 aliphatic rings. The maximum absolute atomic E-state index is 11.6. The summed E-state index contributed by atoms with van der Waals surface area (Å²) in [7, 11) is 3.82. The van der Waals surface area contributed by atoms with Crippen molar-refractivity contribution in [3.63, 3.8) is 0 Å². The predicted octanol–water partition coefficient (Wildman–Crippen LogP) is 0.755. The van der Waals surface area contributed by atoms with Crippen molar-refractivity contribution in [3.8, 4) is 0 Å². The molecule has 1 aromatic heterocycles. The number of imidazole rings is 1. The van der Waals surface area contributed by atoms with Crippen molar-refractivity contribution < 1.29 is 9.90 Å². The fraction of sp³-hybridized carbons (Fsp3) is 0.667. The molecule has 0 bridgehead atoms. The third-order valence-electron chi connectivity index (χ3n) is 3.67. The molecule has 0 spiro atoms. The second kappa shape index (κ2) is 5.48. The number of carboxylic acids is 1. The van der Waals surface area contributed by atoms with E-state index < -0.39 is 12.0 Å². The predicted molar refractivity (Wildman–Crippen MR) is 72.4 cm³/mol. The number of aliphatic carboxylic acids is 1. The van der Waals surface area contributed by atoms with Crippen molar-refractivity contribution in [2.75, 3.05) is 33.2 Å². The lowest BCUT2D eigenvalue weighted by Gasteiger charge is -2.35. The molecule has 0 radical (unpaired) electrons. The molecule has 1 aliphatic heterocycles. The molecule has 1 fully saturated rings. The molecule has 2 heterocycles. The van der Waals surface area contributed by atoms with Crippen LogP contribution in [-0.4, -0.2) is 63.7 Å². The molecule has 0 aromatic carbocycles. The Kier molecular flexibility index (Phi) is 4.13. The first-order valence-electron chi connectivity index (χ1n) is 6.26. The van der Waals surface area contributed by atoms with E-state index in [4.69, 9.17) is 11.6 Å². The number of carboxylic acid groups (broad SMARTS) is 1. The number of likely N-dealkylation sites (N-methyl/N-ethyl adjacent to an activating group) is 1. The number of hydrogen-bond donors (Lipinski definition) is 1. The highest BCUT2D eigenvalue weighted by Crippen LogP contribution is 2.28. The lowest BCUT2D eigenvalue weighted by Crippen LogP contribution is -2.48. The van der Waals surface area contributed by atoms with E-state index in [0.29, 0.717) is 23.9 Å². The molecule has 7 heteroatoms. The third-order valence-corrected chi connectivity index (χ3v) is 4.12. The second-order valence-electron chi connectivity index (χ2n) is 4.97. The van der Waals surface area contributed by atoms with Gasteiger partial charge in [-0.3, -0.25) is 9.69 Å². The summed E-state index contributed by atoms with van der Waals surface area (Å²) < 4.78 is 1.71. The molecule has 106 valence electrons. The Morgan fingerprint density at radius 2 is 1.89 bits per heavy atom. The Morgan fingerprint density at radius 3 is 2.32 bits per heavy atom. The minimum atomic E-state index is -0.899. The zero-order chi connectivity index (χ0) is 14.2. The Balaban J connectivity index is 2.30. The van der Waals surface area contributed by atoms with E-state index in [1.54, 1.807) is 11.6 Å². The van der Waals surface area contributed by atoms with Gasteiger partial charge in [-0.15, -0.1) is 0 Å². The van der Waals surface area contributed by atoms with Crippen LogP contribution in [0.1, 0.15) is 17.6 Å². The van der Waals surface area contributed by atoms with E-state index in [2.05, 4.69) is 9.88 Å². The molecule has 2 rings (SSSR count). The van der Waals surface area contributed by atoms with E-state index in [9.17, 15) is 9.90 Å². The van der Waals surface area contributed by atoms with Gasteiger partial charge in [-0.25, -0.2) is 4.98 Å². The molecule has 0 saturated carbocycles. The number of aryl methyl sites for hydroxylation is 1. The van der Waals surface area contributed by atoms with Crippen LogP contribution in [0.3, 0.4) is 0 Å². The molecule has 6 nitrogen and oxygen atoms in total. The SMILES string of the molecule is Cc1nc(C(C(=O)O)N2CCN(C)CC2)c(Cl)n1C. The van der Waals surface area contributed by atoms with E-state index in [-0.39, 0.29) is 0 Å². The van der Waals surface area contributed by atoms with Crippen molar-refractivity contribution in [1.29, 1.82) is 0 Å². The van der Waals surface area contributed by atoms with Crippen molar-refractivity contribution in [2.45, 2.75) is 13.0 Å². The first kappa shape index (κ1) is 14.3. The van der Waals surface area contributed by atoms with Crippen molar-refractivity contribution in [1.82, 2.24) is 19.4 Å². The Bertz CT molecular complexity index is 480. The first-order chi connectivity index (χ1) is 8.91. The van der Waals surface area contributed by atoms with Gasteiger partial charge in [0.25, 0.3) is 0 Å². The van der Waals surface area contributed by atoms with Gasteiger partial charge in [0, 0.05) is 33.2 Å². The first-order valence-corrected chi connectivity index (χ1v) is 6.63. The van der Waals surface area contributed by atoms with Gasteiger partial charge in [-0.2, -0.15) is 0 Å². The summed E-state index contributed by atoms with van der Waals surface area (Å²) in [5, 5.41) is 9.91. The lowest BCUT2D eigenvalue weighted by molar-refractivity contribution is -0.144. The van der Waals surface area contributed by atoms with Crippen molar-refractivity contribution in [2.24, 2.45) is 7.05 Å². The molecule has 0 amide bonds. The summed E-state index contributed by atoms with van der Waals surface area (Å²) in [6.45, 7) is 4.94. The number of hydrogen-bond acceptors (Lipinski definition) is 4. The zero-order valence-electron chi connectivity index (χ0n) is 11.4. The van der Waals surface area contributed by atoms with Crippen molar-refractivity contribution in [3.05, 3.63) is 16.7 Å².